The zero-order valence-electron chi connectivity index (χ0n) is 9.34. The number of esters is 1. The number of halogens is 1. The summed E-state index contributed by atoms with van der Waals surface area (Å²) in [4.78, 5) is 22.6. The number of rotatable bonds is 4. The molecule has 0 unspecified atom stereocenters. The fourth-order valence-corrected chi connectivity index (χ4v) is 1.58. The van der Waals surface area contributed by atoms with E-state index >= 15 is 0 Å². The maximum Gasteiger partial charge on any atom is 0.325 e. The number of likely N-dealkylation sites (N-methyl/N-ethyl adjacent to an activating group) is 1. The number of ether oxygens (including phenoxy) is 1. The van der Waals surface area contributed by atoms with Crippen molar-refractivity contribution in [3.05, 3.63) is 33.3 Å². The van der Waals surface area contributed by atoms with Gasteiger partial charge in [0.05, 0.1) is 22.7 Å². The number of non-ortho nitro benzene ring substituents is 1. The highest BCUT2D eigenvalue weighted by molar-refractivity contribution is 6.33. The van der Waals surface area contributed by atoms with Crippen molar-refractivity contribution < 1.29 is 14.5 Å². The molecular weight excluding hydrogens is 248 g/mol. The molecule has 0 spiro atoms. The molecule has 1 aromatic carbocycles. The molecule has 0 atom stereocenters. The molecular formula is C10H11ClN2O4. The molecule has 0 aromatic heterocycles. The van der Waals surface area contributed by atoms with E-state index in [1.54, 1.807) is 11.9 Å². The van der Waals surface area contributed by atoms with Gasteiger partial charge in [-0.2, -0.15) is 0 Å². The minimum absolute atomic E-state index is 0.0219. The standard InChI is InChI=1S/C10H11ClN2O4/c1-12(6-10(14)17-2)9-4-3-7(13(15)16)5-8(9)11/h3-5H,6H2,1-2H3. The van der Waals surface area contributed by atoms with Gasteiger partial charge < -0.3 is 9.64 Å². The predicted molar refractivity (Wildman–Crippen MR) is 63.4 cm³/mol. The molecule has 1 aromatic rings. The van der Waals surface area contributed by atoms with Gasteiger partial charge in [0.2, 0.25) is 0 Å². The zero-order chi connectivity index (χ0) is 13.0. The highest BCUT2D eigenvalue weighted by Crippen LogP contribution is 2.28. The summed E-state index contributed by atoms with van der Waals surface area (Å²) in [6, 6.07) is 4.06. The molecule has 0 aliphatic carbocycles. The van der Waals surface area contributed by atoms with E-state index in [0.717, 1.165) is 0 Å². The van der Waals surface area contributed by atoms with Crippen LogP contribution in [0.25, 0.3) is 0 Å². The summed E-state index contributed by atoms with van der Waals surface area (Å²) in [5.74, 6) is -0.415. The van der Waals surface area contributed by atoms with Crippen LogP contribution in [0.1, 0.15) is 0 Å². The monoisotopic (exact) mass is 258 g/mol. The van der Waals surface area contributed by atoms with Crippen LogP contribution in [0.4, 0.5) is 11.4 Å². The average Bonchev–Trinajstić information content (AvgIpc) is 2.28. The van der Waals surface area contributed by atoms with Gasteiger partial charge in [-0.1, -0.05) is 11.6 Å². The third kappa shape index (κ3) is 3.32. The van der Waals surface area contributed by atoms with Gasteiger partial charge >= 0.3 is 5.97 Å². The van der Waals surface area contributed by atoms with Crippen molar-refractivity contribution in [1.29, 1.82) is 0 Å². The van der Waals surface area contributed by atoms with Crippen LogP contribution in [0, 0.1) is 10.1 Å². The first-order chi connectivity index (χ1) is 7.95. The van der Waals surface area contributed by atoms with E-state index in [-0.39, 0.29) is 17.3 Å². The van der Waals surface area contributed by atoms with E-state index in [0.29, 0.717) is 5.69 Å². The summed E-state index contributed by atoms with van der Waals surface area (Å²) in [6.07, 6.45) is 0. The Morgan fingerprint density at radius 3 is 2.71 bits per heavy atom. The number of methoxy groups -OCH3 is 1. The minimum Gasteiger partial charge on any atom is -0.468 e. The number of nitrogens with zero attached hydrogens (tertiary/aromatic N) is 2. The van der Waals surface area contributed by atoms with Crippen LogP contribution in [0.2, 0.25) is 5.02 Å². The Labute approximate surface area is 103 Å². The number of hydrogen-bond donors (Lipinski definition) is 0. The van der Waals surface area contributed by atoms with E-state index in [2.05, 4.69) is 4.74 Å². The summed E-state index contributed by atoms with van der Waals surface area (Å²) in [5.41, 5.74) is 0.438. The van der Waals surface area contributed by atoms with Gasteiger partial charge in [0.25, 0.3) is 5.69 Å². The molecule has 0 aliphatic heterocycles. The number of nitro groups is 1. The summed E-state index contributed by atoms with van der Waals surface area (Å²) < 4.78 is 4.51. The van der Waals surface area contributed by atoms with Crippen molar-refractivity contribution in [3.63, 3.8) is 0 Å². The molecule has 0 heterocycles. The van der Waals surface area contributed by atoms with Gasteiger partial charge in [0, 0.05) is 19.2 Å². The maximum atomic E-state index is 11.1. The van der Waals surface area contributed by atoms with Gasteiger partial charge in [-0.3, -0.25) is 14.9 Å². The SMILES string of the molecule is COC(=O)CN(C)c1ccc([N+](=O)[O-])cc1Cl. The molecule has 0 bridgehead atoms. The number of carbonyl (C=O) groups is 1. The minimum atomic E-state index is -0.532. The smallest absolute Gasteiger partial charge is 0.325 e. The van der Waals surface area contributed by atoms with Crippen molar-refractivity contribution in [1.82, 2.24) is 0 Å². The summed E-state index contributed by atoms with van der Waals surface area (Å²) in [5, 5.41) is 10.7. The lowest BCUT2D eigenvalue weighted by atomic mass is 10.2. The van der Waals surface area contributed by atoms with E-state index in [9.17, 15) is 14.9 Å². The first-order valence-corrected chi connectivity index (χ1v) is 5.05. The maximum absolute atomic E-state index is 11.1. The molecule has 0 saturated carbocycles. The number of carbonyl (C=O) groups excluding carboxylic acids is 1. The Balaban J connectivity index is 2.92. The molecule has 0 radical (unpaired) electrons. The lowest BCUT2D eigenvalue weighted by Crippen LogP contribution is -2.26. The zero-order valence-corrected chi connectivity index (χ0v) is 10.1. The van der Waals surface area contributed by atoms with Gasteiger partial charge in [0.1, 0.15) is 6.54 Å². The summed E-state index contributed by atoms with van der Waals surface area (Å²) in [6.45, 7) is 0.0219. The highest BCUT2D eigenvalue weighted by atomic mass is 35.5. The Morgan fingerprint density at radius 1 is 1.59 bits per heavy atom. The Morgan fingerprint density at radius 2 is 2.24 bits per heavy atom. The predicted octanol–water partition coefficient (Wildman–Crippen LogP) is 1.86. The topological polar surface area (TPSA) is 72.7 Å². The Hall–Kier alpha value is -1.82. The first kappa shape index (κ1) is 13.2. The van der Waals surface area contributed by atoms with E-state index in [1.807, 2.05) is 0 Å². The quantitative estimate of drug-likeness (QED) is 0.468. The van der Waals surface area contributed by atoms with Crippen LogP contribution in [-0.2, 0) is 9.53 Å². The fourth-order valence-electron chi connectivity index (χ4n) is 1.26. The van der Waals surface area contributed by atoms with Gasteiger partial charge in [-0.15, -0.1) is 0 Å². The largest absolute Gasteiger partial charge is 0.468 e. The summed E-state index contributed by atoms with van der Waals surface area (Å²) in [7, 11) is 2.93. The molecule has 0 amide bonds. The van der Waals surface area contributed by atoms with Crippen LogP contribution >= 0.6 is 11.6 Å². The third-order valence-electron chi connectivity index (χ3n) is 2.15. The average molecular weight is 259 g/mol. The lowest BCUT2D eigenvalue weighted by Gasteiger charge is -2.18. The van der Waals surface area contributed by atoms with Crippen LogP contribution in [-0.4, -0.2) is 31.6 Å². The van der Waals surface area contributed by atoms with Crippen LogP contribution in [0.15, 0.2) is 18.2 Å². The van der Waals surface area contributed by atoms with Gasteiger partial charge in [-0.05, 0) is 6.07 Å². The van der Waals surface area contributed by atoms with Gasteiger partial charge in [0.15, 0.2) is 0 Å². The third-order valence-corrected chi connectivity index (χ3v) is 2.45. The molecule has 0 saturated heterocycles. The molecule has 7 heteroatoms. The van der Waals surface area contributed by atoms with Crippen LogP contribution in [0.5, 0.6) is 0 Å². The first-order valence-electron chi connectivity index (χ1n) is 4.67. The molecule has 1 rings (SSSR count). The van der Waals surface area contributed by atoms with Crippen molar-refractivity contribution >= 4 is 28.9 Å². The van der Waals surface area contributed by atoms with Crippen molar-refractivity contribution in [2.75, 3.05) is 25.6 Å². The number of nitro benzene ring substituents is 1. The number of anilines is 1. The number of hydrogen-bond acceptors (Lipinski definition) is 5. The van der Waals surface area contributed by atoms with Crippen molar-refractivity contribution in [2.24, 2.45) is 0 Å². The second-order valence-electron chi connectivity index (χ2n) is 3.33. The Kier molecular flexibility index (Phi) is 4.28. The summed E-state index contributed by atoms with van der Waals surface area (Å²) >= 11 is 5.90. The normalized spacial score (nSPS) is 9.82. The van der Waals surface area contributed by atoms with Crippen molar-refractivity contribution in [2.45, 2.75) is 0 Å². The number of benzene rings is 1. The molecule has 6 nitrogen and oxygen atoms in total. The van der Waals surface area contributed by atoms with E-state index < -0.39 is 10.9 Å². The molecule has 17 heavy (non-hydrogen) atoms. The van der Waals surface area contributed by atoms with E-state index in [4.69, 9.17) is 11.6 Å². The second-order valence-corrected chi connectivity index (χ2v) is 3.73. The lowest BCUT2D eigenvalue weighted by molar-refractivity contribution is -0.384. The van der Waals surface area contributed by atoms with Crippen LogP contribution in [0.3, 0.4) is 0 Å². The molecule has 0 aliphatic rings. The highest BCUT2D eigenvalue weighted by Gasteiger charge is 2.14. The van der Waals surface area contributed by atoms with Crippen LogP contribution < -0.4 is 4.90 Å². The second kappa shape index (κ2) is 5.49. The molecule has 92 valence electrons. The fraction of sp³-hybridized carbons (Fsp3) is 0.300. The molecule has 0 N–H and O–H groups in total. The molecule has 0 fully saturated rings. The van der Waals surface area contributed by atoms with Crippen molar-refractivity contribution in [3.8, 4) is 0 Å². The van der Waals surface area contributed by atoms with E-state index in [1.165, 1.54) is 25.3 Å². The Bertz CT molecular complexity index is 450. The van der Waals surface area contributed by atoms with Gasteiger partial charge in [-0.25, -0.2) is 0 Å².